The fourth-order valence-electron chi connectivity index (χ4n) is 2.78. The Bertz CT molecular complexity index is 429. The topological polar surface area (TPSA) is 63.1 Å². The van der Waals surface area contributed by atoms with Crippen LogP contribution in [0.2, 0.25) is 0 Å². The van der Waals surface area contributed by atoms with Gasteiger partial charge in [-0.2, -0.15) is 0 Å². The van der Waals surface area contributed by atoms with Crippen LogP contribution in [0, 0.1) is 5.92 Å². The van der Waals surface area contributed by atoms with Crippen molar-refractivity contribution in [1.29, 1.82) is 0 Å². The van der Waals surface area contributed by atoms with E-state index in [2.05, 4.69) is 20.5 Å². The molecule has 6 heteroatoms. The predicted molar refractivity (Wildman–Crippen MR) is 75.0 cm³/mol. The average molecular weight is 277 g/mol. The summed E-state index contributed by atoms with van der Waals surface area (Å²) in [5.74, 6) is 1.13. The van der Waals surface area contributed by atoms with Gasteiger partial charge in [-0.05, 0) is 31.6 Å². The van der Waals surface area contributed by atoms with Crippen molar-refractivity contribution in [1.82, 2.24) is 25.2 Å². The molecule has 0 radical (unpaired) electrons. The lowest BCUT2D eigenvalue weighted by molar-refractivity contribution is -0.130. The third kappa shape index (κ3) is 3.79. The fourth-order valence-corrected chi connectivity index (χ4v) is 2.78. The number of aromatic nitrogens is 3. The third-order valence-corrected chi connectivity index (χ3v) is 4.23. The number of nitrogens with zero attached hydrogens (tertiary/aromatic N) is 4. The van der Waals surface area contributed by atoms with E-state index in [-0.39, 0.29) is 0 Å². The monoisotopic (exact) mass is 277 g/mol. The Morgan fingerprint density at radius 1 is 1.30 bits per heavy atom. The summed E-state index contributed by atoms with van der Waals surface area (Å²) in [4.78, 5) is 14.1. The second-order valence-electron chi connectivity index (χ2n) is 5.93. The molecule has 1 saturated carbocycles. The van der Waals surface area contributed by atoms with Gasteiger partial charge in [0.1, 0.15) is 0 Å². The van der Waals surface area contributed by atoms with Gasteiger partial charge in [0.2, 0.25) is 5.91 Å². The summed E-state index contributed by atoms with van der Waals surface area (Å²) < 4.78 is 1.83. The minimum Gasteiger partial charge on any atom is -0.342 e. The first-order valence-corrected chi connectivity index (χ1v) is 7.66. The highest BCUT2D eigenvalue weighted by Gasteiger charge is 2.28. The molecule has 1 saturated heterocycles. The number of carbonyl (C=O) groups excluding carboxylic acids is 1. The maximum Gasteiger partial charge on any atom is 0.222 e. The van der Waals surface area contributed by atoms with Gasteiger partial charge in [-0.15, -0.1) is 5.10 Å². The molecule has 1 aliphatic carbocycles. The van der Waals surface area contributed by atoms with E-state index in [1.165, 1.54) is 12.8 Å². The van der Waals surface area contributed by atoms with Gasteiger partial charge in [-0.3, -0.25) is 9.48 Å². The van der Waals surface area contributed by atoms with Crippen LogP contribution in [0.15, 0.2) is 12.4 Å². The van der Waals surface area contributed by atoms with E-state index in [0.29, 0.717) is 18.4 Å². The molecule has 0 spiro atoms. The highest BCUT2D eigenvalue weighted by Crippen LogP contribution is 2.30. The molecular formula is C14H23N5O. The summed E-state index contributed by atoms with van der Waals surface area (Å²) >= 11 is 0. The first-order valence-electron chi connectivity index (χ1n) is 7.66. The Balaban J connectivity index is 1.40. The van der Waals surface area contributed by atoms with Crippen LogP contribution in [0.3, 0.4) is 0 Å². The molecule has 2 heterocycles. The molecule has 1 aromatic heterocycles. The first-order chi connectivity index (χ1) is 9.81. The molecule has 2 fully saturated rings. The van der Waals surface area contributed by atoms with Crippen molar-refractivity contribution >= 4 is 5.91 Å². The molecule has 0 unspecified atom stereocenters. The van der Waals surface area contributed by atoms with Crippen LogP contribution in [0.4, 0.5) is 0 Å². The number of carbonyl (C=O) groups is 1. The molecule has 3 rings (SSSR count). The Morgan fingerprint density at radius 3 is 2.95 bits per heavy atom. The Morgan fingerprint density at radius 2 is 2.20 bits per heavy atom. The van der Waals surface area contributed by atoms with Crippen molar-refractivity contribution in [3.8, 4) is 0 Å². The normalized spacial score (nSPS) is 23.9. The van der Waals surface area contributed by atoms with Crippen LogP contribution in [0.25, 0.3) is 0 Å². The Kier molecular flexibility index (Phi) is 4.30. The van der Waals surface area contributed by atoms with Gasteiger partial charge in [0.15, 0.2) is 0 Å². The van der Waals surface area contributed by atoms with Crippen molar-refractivity contribution in [2.45, 2.75) is 44.7 Å². The van der Waals surface area contributed by atoms with Gasteiger partial charge in [0, 0.05) is 38.3 Å². The van der Waals surface area contributed by atoms with E-state index < -0.39 is 0 Å². The van der Waals surface area contributed by atoms with E-state index in [4.69, 9.17) is 0 Å². The van der Waals surface area contributed by atoms with Gasteiger partial charge in [-0.25, -0.2) is 0 Å². The second-order valence-corrected chi connectivity index (χ2v) is 5.93. The van der Waals surface area contributed by atoms with Gasteiger partial charge < -0.3 is 10.2 Å². The third-order valence-electron chi connectivity index (χ3n) is 4.23. The minimum absolute atomic E-state index is 0.345. The number of likely N-dealkylation sites (tertiary alicyclic amines) is 1. The molecule has 20 heavy (non-hydrogen) atoms. The lowest BCUT2D eigenvalue weighted by Crippen LogP contribution is -2.34. The van der Waals surface area contributed by atoms with E-state index in [1.54, 1.807) is 6.20 Å². The van der Waals surface area contributed by atoms with E-state index in [9.17, 15) is 4.79 Å². The standard InChI is InChI=1S/C14H23N5O/c20-14-4-3-13(5-8-18(14)11-12-1-2-12)15-6-9-19-10-7-16-17-19/h7,10,12-13,15H,1-6,8-9,11H2/t13-/m1/s1. The van der Waals surface area contributed by atoms with Crippen molar-refractivity contribution in [2.75, 3.05) is 19.6 Å². The molecule has 6 nitrogen and oxygen atoms in total. The summed E-state index contributed by atoms with van der Waals surface area (Å²) in [6.07, 6.45) is 8.89. The van der Waals surface area contributed by atoms with Crippen molar-refractivity contribution < 1.29 is 4.79 Å². The summed E-state index contributed by atoms with van der Waals surface area (Å²) in [5, 5.41) is 11.3. The van der Waals surface area contributed by atoms with E-state index >= 15 is 0 Å². The molecule has 1 N–H and O–H groups in total. The van der Waals surface area contributed by atoms with E-state index in [1.807, 2.05) is 10.9 Å². The molecule has 1 atom stereocenters. The predicted octanol–water partition coefficient (Wildman–Crippen LogP) is 0.659. The molecule has 0 aromatic carbocycles. The molecule has 110 valence electrons. The van der Waals surface area contributed by atoms with Gasteiger partial charge >= 0.3 is 0 Å². The molecule has 1 aliphatic heterocycles. The Labute approximate surface area is 119 Å². The van der Waals surface area contributed by atoms with Crippen LogP contribution >= 0.6 is 0 Å². The van der Waals surface area contributed by atoms with Crippen molar-refractivity contribution in [3.05, 3.63) is 12.4 Å². The minimum atomic E-state index is 0.345. The summed E-state index contributed by atoms with van der Waals surface area (Å²) in [6.45, 7) is 3.61. The van der Waals surface area contributed by atoms with Crippen molar-refractivity contribution in [3.63, 3.8) is 0 Å². The van der Waals surface area contributed by atoms with Crippen LogP contribution in [0.1, 0.15) is 32.1 Å². The van der Waals surface area contributed by atoms with Gasteiger partial charge in [-0.1, -0.05) is 5.21 Å². The lowest BCUT2D eigenvalue weighted by atomic mass is 10.1. The van der Waals surface area contributed by atoms with Crippen LogP contribution in [-0.2, 0) is 11.3 Å². The quantitative estimate of drug-likeness (QED) is 0.829. The Hall–Kier alpha value is -1.43. The lowest BCUT2D eigenvalue weighted by Gasteiger charge is -2.20. The number of amides is 1. The highest BCUT2D eigenvalue weighted by molar-refractivity contribution is 5.76. The molecule has 0 bridgehead atoms. The zero-order valence-electron chi connectivity index (χ0n) is 11.9. The zero-order valence-corrected chi connectivity index (χ0v) is 11.9. The van der Waals surface area contributed by atoms with Crippen LogP contribution in [0.5, 0.6) is 0 Å². The smallest absolute Gasteiger partial charge is 0.222 e. The maximum absolute atomic E-state index is 12.1. The van der Waals surface area contributed by atoms with Crippen molar-refractivity contribution in [2.24, 2.45) is 5.92 Å². The second kappa shape index (κ2) is 6.35. The number of hydrogen-bond acceptors (Lipinski definition) is 4. The number of nitrogens with one attached hydrogen (secondary N) is 1. The largest absolute Gasteiger partial charge is 0.342 e. The SMILES string of the molecule is O=C1CC[C@@H](NCCn2ccnn2)CCN1CC1CC1. The first kappa shape index (κ1) is 13.5. The zero-order chi connectivity index (χ0) is 13.8. The number of rotatable bonds is 6. The van der Waals surface area contributed by atoms with Gasteiger partial charge in [0.25, 0.3) is 0 Å². The average Bonchev–Trinajstić information content (AvgIpc) is 3.15. The summed E-state index contributed by atoms with van der Waals surface area (Å²) in [5.41, 5.74) is 0. The molecule has 1 amide bonds. The van der Waals surface area contributed by atoms with Gasteiger partial charge in [0.05, 0.1) is 12.7 Å². The maximum atomic E-state index is 12.1. The van der Waals surface area contributed by atoms with Crippen LogP contribution < -0.4 is 5.32 Å². The molecular weight excluding hydrogens is 254 g/mol. The van der Waals surface area contributed by atoms with E-state index in [0.717, 1.165) is 44.9 Å². The molecule has 2 aliphatic rings. The molecule has 1 aromatic rings. The highest BCUT2D eigenvalue weighted by atomic mass is 16.2. The summed E-state index contributed by atoms with van der Waals surface area (Å²) in [7, 11) is 0. The number of hydrogen-bond donors (Lipinski definition) is 1. The fraction of sp³-hybridized carbons (Fsp3) is 0.786. The van der Waals surface area contributed by atoms with Crippen LogP contribution in [-0.4, -0.2) is 51.5 Å². The summed E-state index contributed by atoms with van der Waals surface area (Å²) in [6, 6.07) is 0.451.